The number of rotatable bonds is 7. The van der Waals surface area contributed by atoms with Gasteiger partial charge in [-0.1, -0.05) is 36.4 Å². The molecule has 0 aliphatic rings. The lowest BCUT2D eigenvalue weighted by atomic mass is 10.0. The lowest BCUT2D eigenvalue weighted by Gasteiger charge is -2.12. The predicted octanol–water partition coefficient (Wildman–Crippen LogP) is 5.63. The molecule has 0 atom stereocenters. The van der Waals surface area contributed by atoms with E-state index >= 15 is 0 Å². The van der Waals surface area contributed by atoms with Crippen LogP contribution in [0.15, 0.2) is 60.0 Å². The van der Waals surface area contributed by atoms with E-state index < -0.39 is 5.97 Å². The average Bonchev–Trinajstić information content (AvgIpc) is 3.12. The maximum Gasteiger partial charge on any atom is 0.342 e. The number of anilines is 1. The van der Waals surface area contributed by atoms with E-state index in [-0.39, 0.29) is 12.0 Å². The number of esters is 1. The van der Waals surface area contributed by atoms with E-state index in [1.807, 2.05) is 42.6 Å². The molecule has 0 saturated heterocycles. The summed E-state index contributed by atoms with van der Waals surface area (Å²) in [5, 5.41) is 5.18. The Morgan fingerprint density at radius 1 is 1.07 bits per heavy atom. The molecule has 1 heterocycles. The molecule has 0 saturated carbocycles. The van der Waals surface area contributed by atoms with Crippen LogP contribution >= 0.6 is 11.3 Å². The van der Waals surface area contributed by atoms with Crippen molar-refractivity contribution in [3.63, 3.8) is 0 Å². The first-order valence-corrected chi connectivity index (χ1v) is 10.3. The fourth-order valence-electron chi connectivity index (χ4n) is 2.82. The van der Waals surface area contributed by atoms with Gasteiger partial charge < -0.3 is 14.8 Å². The van der Waals surface area contributed by atoms with Crippen LogP contribution in [0.25, 0.3) is 11.1 Å². The Morgan fingerprint density at radius 2 is 1.83 bits per heavy atom. The Bertz CT molecular complexity index is 995. The predicted molar refractivity (Wildman–Crippen MR) is 116 cm³/mol. The van der Waals surface area contributed by atoms with E-state index in [2.05, 4.69) is 5.32 Å². The van der Waals surface area contributed by atoms with E-state index in [9.17, 15) is 9.59 Å². The summed E-state index contributed by atoms with van der Waals surface area (Å²) in [6, 6.07) is 16.5. The number of amides is 1. The monoisotopic (exact) mass is 409 g/mol. The molecule has 1 N–H and O–H groups in total. The molecule has 3 rings (SSSR count). The fraction of sp³-hybridized carbons (Fsp3) is 0.217. The number of hydrogen-bond acceptors (Lipinski definition) is 5. The van der Waals surface area contributed by atoms with Gasteiger partial charge in [-0.2, -0.15) is 0 Å². The first-order chi connectivity index (χ1) is 14.0. The lowest BCUT2D eigenvalue weighted by Crippen LogP contribution is -2.16. The van der Waals surface area contributed by atoms with Gasteiger partial charge in [-0.05, 0) is 44.5 Å². The number of benzene rings is 2. The summed E-state index contributed by atoms with van der Waals surface area (Å²) in [4.78, 5) is 25.6. The first kappa shape index (κ1) is 20.6. The van der Waals surface area contributed by atoms with Gasteiger partial charge in [0.15, 0.2) is 0 Å². The summed E-state index contributed by atoms with van der Waals surface area (Å²) in [6.07, 6.45) is -0.266. The quantitative estimate of drug-likeness (QED) is 0.514. The van der Waals surface area contributed by atoms with Crippen LogP contribution in [0, 0.1) is 0 Å². The first-order valence-electron chi connectivity index (χ1n) is 9.41. The van der Waals surface area contributed by atoms with Gasteiger partial charge in [0, 0.05) is 16.5 Å². The molecule has 0 aliphatic heterocycles. The van der Waals surface area contributed by atoms with E-state index in [1.54, 1.807) is 38.1 Å². The van der Waals surface area contributed by atoms with Gasteiger partial charge in [-0.25, -0.2) is 4.79 Å². The zero-order chi connectivity index (χ0) is 20.8. The molecule has 0 spiro atoms. The average molecular weight is 410 g/mol. The van der Waals surface area contributed by atoms with Crippen LogP contribution in [-0.4, -0.2) is 24.6 Å². The van der Waals surface area contributed by atoms with Crippen molar-refractivity contribution in [1.82, 2.24) is 0 Å². The zero-order valence-electron chi connectivity index (χ0n) is 16.6. The molecule has 0 unspecified atom stereocenters. The number of carbonyl (C=O) groups is 2. The minimum atomic E-state index is -0.460. The highest BCUT2D eigenvalue weighted by molar-refractivity contribution is 7.15. The Hall–Kier alpha value is -3.12. The number of nitrogens with one attached hydrogen (secondary N) is 1. The third-order valence-electron chi connectivity index (χ3n) is 4.06. The molecule has 2 aromatic carbocycles. The highest BCUT2D eigenvalue weighted by Crippen LogP contribution is 2.36. The second-order valence-corrected chi connectivity index (χ2v) is 7.47. The van der Waals surface area contributed by atoms with Crippen molar-refractivity contribution in [3.05, 3.63) is 71.1 Å². The van der Waals surface area contributed by atoms with E-state index in [0.717, 1.165) is 11.1 Å². The molecule has 29 heavy (non-hydrogen) atoms. The molecule has 0 aliphatic carbocycles. The topological polar surface area (TPSA) is 64.6 Å². The van der Waals surface area contributed by atoms with E-state index in [4.69, 9.17) is 9.47 Å². The largest absolute Gasteiger partial charge is 0.494 e. The van der Waals surface area contributed by atoms with Crippen LogP contribution in [-0.2, 0) is 4.74 Å². The molecule has 1 aromatic heterocycles. The summed E-state index contributed by atoms with van der Waals surface area (Å²) in [7, 11) is 0. The van der Waals surface area contributed by atoms with E-state index in [0.29, 0.717) is 28.5 Å². The molecule has 6 heteroatoms. The highest BCUT2D eigenvalue weighted by Gasteiger charge is 2.24. The van der Waals surface area contributed by atoms with Crippen molar-refractivity contribution in [2.75, 3.05) is 11.9 Å². The van der Waals surface area contributed by atoms with Crippen molar-refractivity contribution < 1.29 is 19.1 Å². The molecular formula is C23H23NO4S. The third-order valence-corrected chi connectivity index (χ3v) is 4.95. The summed E-state index contributed by atoms with van der Waals surface area (Å²) < 4.78 is 10.9. The van der Waals surface area contributed by atoms with Gasteiger partial charge in [0.2, 0.25) is 0 Å². The zero-order valence-corrected chi connectivity index (χ0v) is 17.4. The van der Waals surface area contributed by atoms with Gasteiger partial charge in [-0.15, -0.1) is 11.3 Å². The third kappa shape index (κ3) is 5.03. The Balaban J connectivity index is 1.94. The standard InChI is InChI=1S/C23H23NO4S/c1-4-27-18-12-8-11-17(13-18)21(25)24-22-20(23(26)28-15(2)3)19(14-29-22)16-9-6-5-7-10-16/h5-15H,4H2,1-3H3,(H,24,25). The molecule has 0 radical (unpaired) electrons. The number of hydrogen-bond donors (Lipinski definition) is 1. The van der Waals surface area contributed by atoms with Crippen LogP contribution in [0.5, 0.6) is 5.75 Å². The van der Waals surface area contributed by atoms with Crippen LogP contribution < -0.4 is 10.1 Å². The van der Waals surface area contributed by atoms with E-state index in [1.165, 1.54) is 11.3 Å². The van der Waals surface area contributed by atoms with Crippen molar-refractivity contribution >= 4 is 28.2 Å². The van der Waals surface area contributed by atoms with Crippen LogP contribution in [0.4, 0.5) is 5.00 Å². The van der Waals surface area contributed by atoms with Gasteiger partial charge >= 0.3 is 5.97 Å². The summed E-state index contributed by atoms with van der Waals surface area (Å²) >= 11 is 1.30. The normalized spacial score (nSPS) is 10.6. The molecule has 150 valence electrons. The number of carbonyl (C=O) groups excluding carboxylic acids is 2. The molecule has 0 bridgehead atoms. The van der Waals surface area contributed by atoms with Crippen LogP contribution in [0.1, 0.15) is 41.5 Å². The second kappa shape index (κ2) is 9.39. The maximum absolute atomic E-state index is 12.8. The van der Waals surface area contributed by atoms with Gasteiger partial charge in [0.05, 0.1) is 12.7 Å². The minimum absolute atomic E-state index is 0.266. The van der Waals surface area contributed by atoms with Crippen molar-refractivity contribution in [1.29, 1.82) is 0 Å². The lowest BCUT2D eigenvalue weighted by molar-refractivity contribution is 0.0380. The maximum atomic E-state index is 12.8. The number of ether oxygens (including phenoxy) is 2. The number of thiophene rings is 1. The van der Waals surface area contributed by atoms with Crippen LogP contribution in [0.3, 0.4) is 0 Å². The van der Waals surface area contributed by atoms with Crippen molar-refractivity contribution in [3.8, 4) is 16.9 Å². The molecule has 0 fully saturated rings. The van der Waals surface area contributed by atoms with Gasteiger partial charge in [-0.3, -0.25) is 4.79 Å². The van der Waals surface area contributed by atoms with Gasteiger partial charge in [0.25, 0.3) is 5.91 Å². The molecule has 1 amide bonds. The molecule has 5 nitrogen and oxygen atoms in total. The van der Waals surface area contributed by atoms with Crippen molar-refractivity contribution in [2.45, 2.75) is 26.9 Å². The van der Waals surface area contributed by atoms with Crippen molar-refractivity contribution in [2.24, 2.45) is 0 Å². The highest BCUT2D eigenvalue weighted by atomic mass is 32.1. The minimum Gasteiger partial charge on any atom is -0.494 e. The Kier molecular flexibility index (Phi) is 6.67. The molecular weight excluding hydrogens is 386 g/mol. The fourth-order valence-corrected chi connectivity index (χ4v) is 3.78. The Labute approximate surface area is 174 Å². The smallest absolute Gasteiger partial charge is 0.342 e. The summed E-state index contributed by atoms with van der Waals surface area (Å²) in [5.74, 6) is -0.152. The second-order valence-electron chi connectivity index (χ2n) is 6.59. The molecule has 3 aromatic rings. The van der Waals surface area contributed by atoms with Crippen LogP contribution in [0.2, 0.25) is 0 Å². The van der Waals surface area contributed by atoms with Gasteiger partial charge in [0.1, 0.15) is 16.3 Å². The summed E-state index contributed by atoms with van der Waals surface area (Å²) in [5.41, 5.74) is 2.44. The SMILES string of the molecule is CCOc1cccc(C(=O)Nc2scc(-c3ccccc3)c2C(=O)OC(C)C)c1. The Morgan fingerprint density at radius 3 is 2.52 bits per heavy atom. The summed E-state index contributed by atoms with van der Waals surface area (Å²) in [6.45, 7) is 5.99.